The van der Waals surface area contributed by atoms with E-state index in [1.165, 1.54) is 6.92 Å². The minimum Gasteiger partial charge on any atom is -0.479 e. The average molecular weight is 281 g/mol. The SMILES string of the molecule is CC(O)(CNc1ccc(Cl)c2cccnc12)C(=O)O. The molecule has 0 aliphatic rings. The van der Waals surface area contributed by atoms with E-state index >= 15 is 0 Å². The van der Waals surface area contributed by atoms with Crippen LogP contribution in [-0.4, -0.2) is 33.3 Å². The summed E-state index contributed by atoms with van der Waals surface area (Å²) in [7, 11) is 0. The number of aliphatic hydroxyl groups is 1. The fourth-order valence-electron chi connectivity index (χ4n) is 1.62. The predicted molar refractivity (Wildman–Crippen MR) is 73.5 cm³/mol. The van der Waals surface area contributed by atoms with E-state index in [9.17, 15) is 9.90 Å². The number of aromatic nitrogens is 1. The predicted octanol–water partition coefficient (Wildman–Crippen LogP) is 2.14. The highest BCUT2D eigenvalue weighted by Gasteiger charge is 2.29. The highest BCUT2D eigenvalue weighted by atomic mass is 35.5. The smallest absolute Gasteiger partial charge is 0.337 e. The Hall–Kier alpha value is -1.85. The van der Waals surface area contributed by atoms with Crippen LogP contribution in [0.25, 0.3) is 10.9 Å². The number of benzene rings is 1. The van der Waals surface area contributed by atoms with Crippen molar-refractivity contribution >= 4 is 34.2 Å². The Morgan fingerprint density at radius 1 is 1.47 bits per heavy atom. The van der Waals surface area contributed by atoms with E-state index in [1.807, 2.05) is 6.07 Å². The summed E-state index contributed by atoms with van der Waals surface area (Å²) in [6.45, 7) is 1.10. The van der Waals surface area contributed by atoms with Gasteiger partial charge in [0.05, 0.1) is 22.8 Å². The number of nitrogens with zero attached hydrogens (tertiary/aromatic N) is 1. The van der Waals surface area contributed by atoms with Crippen LogP contribution in [0.2, 0.25) is 5.02 Å². The maximum atomic E-state index is 10.8. The van der Waals surface area contributed by atoms with Crippen molar-refractivity contribution in [1.29, 1.82) is 0 Å². The van der Waals surface area contributed by atoms with Crippen LogP contribution in [0.3, 0.4) is 0 Å². The third-order valence-corrected chi connectivity index (χ3v) is 3.13. The lowest BCUT2D eigenvalue weighted by atomic mass is 10.1. The maximum absolute atomic E-state index is 10.8. The van der Waals surface area contributed by atoms with Gasteiger partial charge in [-0.15, -0.1) is 0 Å². The molecule has 0 radical (unpaired) electrons. The largest absolute Gasteiger partial charge is 0.479 e. The van der Waals surface area contributed by atoms with Gasteiger partial charge in [0.2, 0.25) is 0 Å². The standard InChI is InChI=1S/C13H13ClN2O3/c1-13(19,12(17)18)7-16-10-5-4-9(14)8-3-2-6-15-11(8)10/h2-6,16,19H,7H2,1H3,(H,17,18). The average Bonchev–Trinajstić information content (AvgIpc) is 2.38. The first kappa shape index (κ1) is 13.6. The number of carboxylic acid groups (broad SMARTS) is 1. The number of carbonyl (C=O) groups is 1. The second-order valence-corrected chi connectivity index (χ2v) is 4.83. The molecule has 0 saturated carbocycles. The molecular weight excluding hydrogens is 268 g/mol. The lowest BCUT2D eigenvalue weighted by Crippen LogP contribution is -2.41. The molecule has 0 spiro atoms. The third kappa shape index (κ3) is 2.77. The number of hydrogen-bond acceptors (Lipinski definition) is 4. The first-order valence-corrected chi connectivity index (χ1v) is 6.02. The van der Waals surface area contributed by atoms with Crippen LogP contribution < -0.4 is 5.32 Å². The minimum atomic E-state index is -1.85. The molecule has 5 nitrogen and oxygen atoms in total. The third-order valence-electron chi connectivity index (χ3n) is 2.80. The molecule has 0 fully saturated rings. The second kappa shape index (κ2) is 5.03. The van der Waals surface area contributed by atoms with E-state index in [2.05, 4.69) is 10.3 Å². The molecule has 0 aliphatic carbocycles. The van der Waals surface area contributed by atoms with E-state index < -0.39 is 11.6 Å². The van der Waals surface area contributed by atoms with Crippen molar-refractivity contribution in [3.63, 3.8) is 0 Å². The van der Waals surface area contributed by atoms with Gasteiger partial charge in [-0.2, -0.15) is 0 Å². The Bertz CT molecular complexity index is 628. The summed E-state index contributed by atoms with van der Waals surface area (Å²) in [5.41, 5.74) is -0.585. The van der Waals surface area contributed by atoms with Crippen LogP contribution in [0.1, 0.15) is 6.92 Å². The number of fused-ring (bicyclic) bond motifs is 1. The molecule has 1 unspecified atom stereocenters. The van der Waals surface area contributed by atoms with E-state index in [1.54, 1.807) is 24.4 Å². The summed E-state index contributed by atoms with van der Waals surface area (Å²) in [5, 5.41) is 22.7. The molecule has 19 heavy (non-hydrogen) atoms. The van der Waals surface area contributed by atoms with Gasteiger partial charge < -0.3 is 15.5 Å². The minimum absolute atomic E-state index is 0.129. The molecule has 2 rings (SSSR count). The monoisotopic (exact) mass is 280 g/mol. The van der Waals surface area contributed by atoms with Crippen molar-refractivity contribution in [2.24, 2.45) is 0 Å². The number of carboxylic acids is 1. The maximum Gasteiger partial charge on any atom is 0.337 e. The molecule has 0 amide bonds. The van der Waals surface area contributed by atoms with Gasteiger partial charge in [0.15, 0.2) is 5.60 Å². The number of halogens is 1. The molecule has 0 bridgehead atoms. The topological polar surface area (TPSA) is 82.5 Å². The zero-order valence-corrected chi connectivity index (χ0v) is 11.0. The second-order valence-electron chi connectivity index (χ2n) is 4.43. The van der Waals surface area contributed by atoms with Gasteiger partial charge in [-0.05, 0) is 31.2 Å². The molecule has 1 aromatic heterocycles. The highest BCUT2D eigenvalue weighted by Crippen LogP contribution is 2.28. The van der Waals surface area contributed by atoms with Crippen LogP contribution >= 0.6 is 11.6 Å². The van der Waals surface area contributed by atoms with Crippen LogP contribution in [0.15, 0.2) is 30.5 Å². The number of hydrogen-bond donors (Lipinski definition) is 3. The van der Waals surface area contributed by atoms with Gasteiger partial charge in [0, 0.05) is 11.6 Å². The molecule has 100 valence electrons. The number of nitrogens with one attached hydrogen (secondary N) is 1. The van der Waals surface area contributed by atoms with Crippen LogP contribution in [0.4, 0.5) is 5.69 Å². The highest BCUT2D eigenvalue weighted by molar-refractivity contribution is 6.35. The number of pyridine rings is 1. The summed E-state index contributed by atoms with van der Waals surface area (Å²) in [5.74, 6) is -1.29. The normalized spacial score (nSPS) is 14.1. The van der Waals surface area contributed by atoms with E-state index in [-0.39, 0.29) is 6.54 Å². The lowest BCUT2D eigenvalue weighted by Gasteiger charge is -2.19. The molecule has 1 heterocycles. The molecule has 1 atom stereocenters. The first-order valence-electron chi connectivity index (χ1n) is 5.65. The van der Waals surface area contributed by atoms with Crippen molar-refractivity contribution in [2.45, 2.75) is 12.5 Å². The Kier molecular flexibility index (Phi) is 3.59. The Balaban J connectivity index is 2.32. The number of aliphatic carboxylic acids is 1. The summed E-state index contributed by atoms with van der Waals surface area (Å²) < 4.78 is 0. The van der Waals surface area contributed by atoms with Gasteiger partial charge in [0.25, 0.3) is 0 Å². The molecule has 0 saturated heterocycles. The first-order chi connectivity index (χ1) is 8.92. The van der Waals surface area contributed by atoms with Gasteiger partial charge in [-0.3, -0.25) is 4.98 Å². The zero-order valence-electron chi connectivity index (χ0n) is 10.2. The molecule has 1 aromatic carbocycles. The van der Waals surface area contributed by atoms with Gasteiger partial charge in [0.1, 0.15) is 0 Å². The van der Waals surface area contributed by atoms with Crippen LogP contribution in [0, 0.1) is 0 Å². The fourth-order valence-corrected chi connectivity index (χ4v) is 1.84. The van der Waals surface area contributed by atoms with Crippen molar-refractivity contribution in [2.75, 3.05) is 11.9 Å². The van der Waals surface area contributed by atoms with Crippen molar-refractivity contribution in [3.8, 4) is 0 Å². The Morgan fingerprint density at radius 3 is 2.89 bits per heavy atom. The van der Waals surface area contributed by atoms with Crippen molar-refractivity contribution in [3.05, 3.63) is 35.5 Å². The summed E-state index contributed by atoms with van der Waals surface area (Å²) in [6, 6.07) is 7.00. The summed E-state index contributed by atoms with van der Waals surface area (Å²) in [6.07, 6.45) is 1.62. The van der Waals surface area contributed by atoms with E-state index in [0.29, 0.717) is 16.2 Å². The summed E-state index contributed by atoms with van der Waals surface area (Å²) in [4.78, 5) is 15.0. The summed E-state index contributed by atoms with van der Waals surface area (Å²) >= 11 is 6.06. The van der Waals surface area contributed by atoms with Crippen LogP contribution in [-0.2, 0) is 4.79 Å². The van der Waals surface area contributed by atoms with E-state index in [0.717, 1.165) is 5.39 Å². The quantitative estimate of drug-likeness (QED) is 0.799. The molecule has 3 N–H and O–H groups in total. The Labute approximate surface area is 114 Å². The van der Waals surface area contributed by atoms with Crippen LogP contribution in [0.5, 0.6) is 0 Å². The van der Waals surface area contributed by atoms with Crippen molar-refractivity contribution in [1.82, 2.24) is 4.98 Å². The molecular formula is C13H13ClN2O3. The lowest BCUT2D eigenvalue weighted by molar-refractivity contribution is -0.155. The number of anilines is 1. The fraction of sp³-hybridized carbons (Fsp3) is 0.231. The number of rotatable bonds is 4. The molecule has 0 aliphatic heterocycles. The van der Waals surface area contributed by atoms with Gasteiger partial charge >= 0.3 is 5.97 Å². The zero-order chi connectivity index (χ0) is 14.0. The van der Waals surface area contributed by atoms with Gasteiger partial charge in [-0.25, -0.2) is 4.79 Å². The molecule has 6 heteroatoms. The molecule has 2 aromatic rings. The van der Waals surface area contributed by atoms with E-state index in [4.69, 9.17) is 16.7 Å². The van der Waals surface area contributed by atoms with Gasteiger partial charge in [-0.1, -0.05) is 11.6 Å². The van der Waals surface area contributed by atoms with Crippen molar-refractivity contribution < 1.29 is 15.0 Å². The Morgan fingerprint density at radius 2 is 2.21 bits per heavy atom.